The second kappa shape index (κ2) is 2.16. The van der Waals surface area contributed by atoms with Crippen LogP contribution in [0.2, 0.25) is 0 Å². The monoisotopic (exact) mass is 179 g/mol. The zero-order valence-corrected chi connectivity index (χ0v) is 7.14. The fourth-order valence-electron chi connectivity index (χ4n) is 1.68. The van der Waals surface area contributed by atoms with E-state index in [4.69, 9.17) is 4.74 Å². The second-order valence-electron chi connectivity index (χ2n) is 3.76. The van der Waals surface area contributed by atoms with E-state index in [1.807, 2.05) is 6.07 Å². The predicted molar refractivity (Wildman–Crippen MR) is 47.5 cm³/mol. The molecule has 1 N–H and O–H groups in total. The number of nitrogens with one attached hydrogen (secondary N) is 1. The van der Waals surface area contributed by atoms with E-state index in [0.717, 1.165) is 25.1 Å². The molecule has 0 atom stereocenters. The molecule has 68 valence electrons. The van der Waals surface area contributed by atoms with Gasteiger partial charge in [0.05, 0.1) is 12.2 Å². The summed E-state index contributed by atoms with van der Waals surface area (Å²) in [4.78, 5) is 0. The molecule has 1 aromatic rings. The van der Waals surface area contributed by atoms with E-state index in [1.54, 1.807) is 6.07 Å². The number of halogens is 1. The van der Waals surface area contributed by atoms with Crippen molar-refractivity contribution in [1.82, 2.24) is 0 Å². The van der Waals surface area contributed by atoms with Gasteiger partial charge in [0.25, 0.3) is 0 Å². The maximum Gasteiger partial charge on any atom is 0.178 e. The minimum Gasteiger partial charge on any atom is -0.480 e. The molecule has 2 aliphatic rings. The van der Waals surface area contributed by atoms with Crippen molar-refractivity contribution in [3.63, 3.8) is 0 Å². The maximum absolute atomic E-state index is 13.3. The minimum absolute atomic E-state index is 0.0881. The first kappa shape index (κ1) is 7.18. The molecule has 0 saturated heterocycles. The molecule has 3 heteroatoms. The Morgan fingerprint density at radius 1 is 1.38 bits per heavy atom. The molecule has 0 amide bonds. The Balaban J connectivity index is 2.06. The number of para-hydroxylation sites is 1. The highest BCUT2D eigenvalue weighted by Gasteiger charge is 2.48. The van der Waals surface area contributed by atoms with E-state index in [-0.39, 0.29) is 11.4 Å². The Hall–Kier alpha value is -1.25. The summed E-state index contributed by atoms with van der Waals surface area (Å²) in [5.74, 6) is 0.127. The summed E-state index contributed by atoms with van der Waals surface area (Å²) >= 11 is 0. The normalized spacial score (nSPS) is 21.6. The van der Waals surface area contributed by atoms with Gasteiger partial charge in [0.2, 0.25) is 0 Å². The van der Waals surface area contributed by atoms with E-state index >= 15 is 0 Å². The number of benzene rings is 1. The quantitative estimate of drug-likeness (QED) is 0.659. The van der Waals surface area contributed by atoms with Crippen LogP contribution in [0.15, 0.2) is 18.2 Å². The third-order valence-electron chi connectivity index (χ3n) is 2.69. The first-order valence-electron chi connectivity index (χ1n) is 4.51. The van der Waals surface area contributed by atoms with E-state index < -0.39 is 0 Å². The molecular formula is C10H10FNO. The third kappa shape index (κ3) is 0.996. The Morgan fingerprint density at radius 3 is 3.00 bits per heavy atom. The molecule has 1 fully saturated rings. The summed E-state index contributed by atoms with van der Waals surface area (Å²) < 4.78 is 18.9. The number of rotatable bonds is 0. The molecule has 0 bridgehead atoms. The van der Waals surface area contributed by atoms with Crippen molar-refractivity contribution in [3.8, 4) is 5.75 Å². The lowest BCUT2D eigenvalue weighted by Crippen LogP contribution is -2.33. The van der Waals surface area contributed by atoms with E-state index in [9.17, 15) is 4.39 Å². The molecule has 0 radical (unpaired) electrons. The lowest BCUT2D eigenvalue weighted by atomic mass is 10.2. The van der Waals surface area contributed by atoms with Gasteiger partial charge in [-0.25, -0.2) is 4.39 Å². The molecule has 1 aliphatic carbocycles. The van der Waals surface area contributed by atoms with Crippen molar-refractivity contribution in [3.05, 3.63) is 24.0 Å². The Labute approximate surface area is 75.7 Å². The summed E-state index contributed by atoms with van der Waals surface area (Å²) in [6.07, 6.45) is 2.07. The molecule has 1 saturated carbocycles. The minimum atomic E-state index is -0.268. The van der Waals surface area contributed by atoms with Crippen LogP contribution in [0.4, 0.5) is 10.1 Å². The van der Waals surface area contributed by atoms with Gasteiger partial charge in [-0.3, -0.25) is 0 Å². The van der Waals surface area contributed by atoms with E-state index in [1.165, 1.54) is 6.07 Å². The molecule has 1 spiro atoms. The fourth-order valence-corrected chi connectivity index (χ4v) is 1.68. The Morgan fingerprint density at radius 2 is 2.23 bits per heavy atom. The van der Waals surface area contributed by atoms with Gasteiger partial charge >= 0.3 is 0 Å². The van der Waals surface area contributed by atoms with Crippen LogP contribution in [0.3, 0.4) is 0 Å². The van der Waals surface area contributed by atoms with Crippen LogP contribution in [0.1, 0.15) is 12.8 Å². The highest BCUT2D eigenvalue weighted by atomic mass is 19.1. The van der Waals surface area contributed by atoms with Crippen LogP contribution in [-0.4, -0.2) is 12.1 Å². The highest BCUT2D eigenvalue weighted by molar-refractivity contribution is 5.59. The first-order chi connectivity index (χ1) is 6.29. The molecule has 13 heavy (non-hydrogen) atoms. The van der Waals surface area contributed by atoms with Gasteiger partial charge in [-0.05, 0) is 25.0 Å². The van der Waals surface area contributed by atoms with Crippen molar-refractivity contribution < 1.29 is 9.13 Å². The van der Waals surface area contributed by atoms with Crippen molar-refractivity contribution in [2.24, 2.45) is 0 Å². The topological polar surface area (TPSA) is 21.3 Å². The van der Waals surface area contributed by atoms with Crippen LogP contribution in [0.25, 0.3) is 0 Å². The molecule has 1 heterocycles. The van der Waals surface area contributed by atoms with Gasteiger partial charge < -0.3 is 10.1 Å². The lowest BCUT2D eigenvalue weighted by Gasteiger charge is -2.27. The lowest BCUT2D eigenvalue weighted by molar-refractivity contribution is 0.175. The molecule has 1 aromatic carbocycles. The van der Waals surface area contributed by atoms with Gasteiger partial charge in [0, 0.05) is 0 Å². The zero-order valence-electron chi connectivity index (χ0n) is 7.14. The maximum atomic E-state index is 13.3. The largest absolute Gasteiger partial charge is 0.480 e. The van der Waals surface area contributed by atoms with Crippen LogP contribution in [0.5, 0.6) is 5.75 Å². The number of fused-ring (bicyclic) bond motifs is 1. The predicted octanol–water partition coefficient (Wildman–Crippen LogP) is 2.16. The van der Waals surface area contributed by atoms with Crippen molar-refractivity contribution in [2.45, 2.75) is 18.4 Å². The highest BCUT2D eigenvalue weighted by Crippen LogP contribution is 2.46. The van der Waals surface area contributed by atoms with Crippen LogP contribution in [0, 0.1) is 5.82 Å². The number of ether oxygens (including phenoxy) is 1. The fraction of sp³-hybridized carbons (Fsp3) is 0.400. The van der Waals surface area contributed by atoms with Crippen LogP contribution in [-0.2, 0) is 0 Å². The Bertz CT molecular complexity index is 360. The summed E-state index contributed by atoms with van der Waals surface area (Å²) in [6, 6.07) is 4.96. The third-order valence-corrected chi connectivity index (χ3v) is 2.69. The summed E-state index contributed by atoms with van der Waals surface area (Å²) in [5, 5.41) is 3.19. The molecular weight excluding hydrogens is 169 g/mol. The SMILES string of the molecule is Fc1cccc2c1OC1(CC1)CN2. The molecule has 1 aliphatic heterocycles. The van der Waals surface area contributed by atoms with Crippen LogP contribution < -0.4 is 10.1 Å². The summed E-state index contributed by atoms with van der Waals surface area (Å²) in [6.45, 7) is 0.809. The Kier molecular flexibility index (Phi) is 1.19. The van der Waals surface area contributed by atoms with Gasteiger partial charge in [0.1, 0.15) is 5.60 Å². The standard InChI is InChI=1S/C10H10FNO/c11-7-2-1-3-8-9(7)13-10(4-5-10)6-12-8/h1-3,12H,4-6H2. The second-order valence-corrected chi connectivity index (χ2v) is 3.76. The van der Waals surface area contributed by atoms with E-state index in [0.29, 0.717) is 5.75 Å². The zero-order chi connectivity index (χ0) is 8.89. The van der Waals surface area contributed by atoms with Gasteiger partial charge in [-0.2, -0.15) is 0 Å². The van der Waals surface area contributed by atoms with Gasteiger partial charge in [-0.1, -0.05) is 6.07 Å². The van der Waals surface area contributed by atoms with Gasteiger partial charge in [-0.15, -0.1) is 0 Å². The van der Waals surface area contributed by atoms with Crippen molar-refractivity contribution in [2.75, 3.05) is 11.9 Å². The van der Waals surface area contributed by atoms with Crippen molar-refractivity contribution in [1.29, 1.82) is 0 Å². The molecule has 2 nitrogen and oxygen atoms in total. The average Bonchev–Trinajstić information content (AvgIpc) is 2.88. The number of hydrogen-bond donors (Lipinski definition) is 1. The smallest absolute Gasteiger partial charge is 0.178 e. The molecule has 0 aromatic heterocycles. The molecule has 0 unspecified atom stereocenters. The van der Waals surface area contributed by atoms with Crippen LogP contribution >= 0.6 is 0 Å². The number of hydrogen-bond acceptors (Lipinski definition) is 2. The average molecular weight is 179 g/mol. The summed E-state index contributed by atoms with van der Waals surface area (Å²) in [5.41, 5.74) is 0.687. The summed E-state index contributed by atoms with van der Waals surface area (Å²) in [7, 11) is 0. The van der Waals surface area contributed by atoms with Gasteiger partial charge in [0.15, 0.2) is 11.6 Å². The van der Waals surface area contributed by atoms with Crippen molar-refractivity contribution >= 4 is 5.69 Å². The first-order valence-corrected chi connectivity index (χ1v) is 4.51. The van der Waals surface area contributed by atoms with E-state index in [2.05, 4.69) is 5.32 Å². The number of anilines is 1. The molecule has 3 rings (SSSR count).